The number of aliphatic hydroxyl groups is 2. The summed E-state index contributed by atoms with van der Waals surface area (Å²) in [6, 6.07) is 0. The van der Waals surface area contributed by atoms with Crippen LogP contribution in [0.15, 0.2) is 0 Å². The van der Waals surface area contributed by atoms with Crippen LogP contribution in [0.1, 0.15) is 121 Å². The predicted octanol–water partition coefficient (Wildman–Crippen LogP) is 2.11. The summed E-state index contributed by atoms with van der Waals surface area (Å²) in [5, 5.41) is 19.3. The lowest BCUT2D eigenvalue weighted by molar-refractivity contribution is -0.165. The number of aliphatic hydroxyl groups excluding tert-OH is 2. The van der Waals surface area contributed by atoms with Crippen molar-refractivity contribution in [2.45, 2.75) is 176 Å². The van der Waals surface area contributed by atoms with E-state index in [0.29, 0.717) is 0 Å². The first-order valence-electron chi connectivity index (χ1n) is 19.2. The van der Waals surface area contributed by atoms with Gasteiger partial charge in [-0.1, -0.05) is 6.92 Å². The number of hydrogen-bond acceptors (Lipinski definition) is 20. The third-order valence-corrected chi connectivity index (χ3v) is 8.40. The van der Waals surface area contributed by atoms with Crippen LogP contribution in [-0.4, -0.2) is 132 Å². The minimum atomic E-state index is -1.16. The molecule has 0 saturated carbocycles. The molecule has 0 aliphatic carbocycles. The molecule has 338 valence electrons. The molecule has 0 aromatic rings. The van der Waals surface area contributed by atoms with Gasteiger partial charge in [-0.2, -0.15) is 0 Å². The molecule has 0 heterocycles. The average Bonchev–Trinajstić information content (AvgIpc) is 3.04. The second-order valence-corrected chi connectivity index (χ2v) is 14.1. The SMILES string of the molecule is CC(=O)O[C@H](C[C@H](C[C@H](C[C@H](CO)OC(C)=O)OC(C)=O)OC(C)=O)C[C@@H](C[C@H](C[C@H](C[C@@H](OC(C)=O)[C@@H](C)[C@H](CCO)OC(C)=O)OC(C)=O)OC(C)=O)OC(C)=O. The van der Waals surface area contributed by atoms with Gasteiger partial charge in [-0.25, -0.2) is 0 Å². The molecule has 10 atom stereocenters. The van der Waals surface area contributed by atoms with E-state index in [-0.39, 0.29) is 58.0 Å². The fraction of sp³-hybridized carbons (Fsp3) is 0.769. The summed E-state index contributed by atoms with van der Waals surface area (Å²) in [7, 11) is 0. The monoisotopic (exact) mass is 850 g/mol. The van der Waals surface area contributed by atoms with Gasteiger partial charge >= 0.3 is 53.7 Å². The van der Waals surface area contributed by atoms with Crippen LogP contribution in [0.25, 0.3) is 0 Å². The van der Waals surface area contributed by atoms with Crippen molar-refractivity contribution in [3.05, 3.63) is 0 Å². The summed E-state index contributed by atoms with van der Waals surface area (Å²) < 4.78 is 49.1. The van der Waals surface area contributed by atoms with Gasteiger partial charge in [0.05, 0.1) is 6.61 Å². The summed E-state index contributed by atoms with van der Waals surface area (Å²) >= 11 is 0. The van der Waals surface area contributed by atoms with Crippen molar-refractivity contribution in [2.75, 3.05) is 13.2 Å². The lowest BCUT2D eigenvalue weighted by Crippen LogP contribution is -2.40. The first-order valence-corrected chi connectivity index (χ1v) is 19.2. The maximum atomic E-state index is 12.4. The van der Waals surface area contributed by atoms with Crippen LogP contribution in [0.3, 0.4) is 0 Å². The quantitative estimate of drug-likeness (QED) is 0.0842. The zero-order valence-corrected chi connectivity index (χ0v) is 35.6. The minimum Gasteiger partial charge on any atom is -0.462 e. The molecule has 0 bridgehead atoms. The van der Waals surface area contributed by atoms with Gasteiger partial charge in [0.2, 0.25) is 0 Å². The van der Waals surface area contributed by atoms with E-state index in [0.717, 1.165) is 55.4 Å². The van der Waals surface area contributed by atoms with Gasteiger partial charge in [0.25, 0.3) is 0 Å². The molecule has 0 fully saturated rings. The summed E-state index contributed by atoms with van der Waals surface area (Å²) in [6.07, 6.45) is -11.3. The van der Waals surface area contributed by atoms with Crippen molar-refractivity contribution in [2.24, 2.45) is 5.92 Å². The van der Waals surface area contributed by atoms with E-state index >= 15 is 0 Å². The van der Waals surface area contributed by atoms with Crippen LogP contribution in [0, 0.1) is 5.92 Å². The Morgan fingerprint density at radius 1 is 0.339 bits per heavy atom. The van der Waals surface area contributed by atoms with Crippen molar-refractivity contribution < 1.29 is 96.0 Å². The van der Waals surface area contributed by atoms with Gasteiger partial charge < -0.3 is 52.8 Å². The Bertz CT molecular complexity index is 1400. The highest BCUT2D eigenvalue weighted by atomic mass is 16.6. The second-order valence-electron chi connectivity index (χ2n) is 14.1. The highest BCUT2D eigenvalue weighted by Crippen LogP contribution is 2.28. The van der Waals surface area contributed by atoms with Crippen LogP contribution >= 0.6 is 0 Å². The first kappa shape index (κ1) is 54.2. The van der Waals surface area contributed by atoms with Gasteiger partial charge in [0, 0.05) is 126 Å². The molecule has 0 aliphatic heterocycles. The summed E-state index contributed by atoms with van der Waals surface area (Å²) in [5.41, 5.74) is 0. The number of esters is 9. The topological polar surface area (TPSA) is 277 Å². The fourth-order valence-electron chi connectivity index (χ4n) is 6.57. The molecule has 0 aromatic heterocycles. The third kappa shape index (κ3) is 26.7. The predicted molar refractivity (Wildman–Crippen MR) is 200 cm³/mol. The molecule has 2 N–H and O–H groups in total. The molecule has 59 heavy (non-hydrogen) atoms. The van der Waals surface area contributed by atoms with Crippen LogP contribution in [0.2, 0.25) is 0 Å². The van der Waals surface area contributed by atoms with E-state index < -0.39 is 121 Å². The van der Waals surface area contributed by atoms with Crippen molar-refractivity contribution in [3.63, 3.8) is 0 Å². The standard InChI is InChI=1S/C39H62O20/c1-21(38(11-12-40)58-29(9)49)39(59-30(10)50)19-36(56-27(7)47)17-34(54-25(5)45)15-32(52-23(3)43)13-31(51-22(2)42)14-33(53-24(4)44)16-35(55-26(6)46)18-37(20-41)57-28(8)48/h21,31-41H,11-20H2,1-10H3/t21-,31-,32-,33+,34+,35+,36+,37+,38-,39+/m0/s1. The maximum absolute atomic E-state index is 12.4. The molecule has 0 aliphatic rings. The fourth-order valence-corrected chi connectivity index (χ4v) is 6.57. The van der Waals surface area contributed by atoms with E-state index in [9.17, 15) is 53.4 Å². The average molecular weight is 851 g/mol. The molecule has 0 saturated heterocycles. The lowest BCUT2D eigenvalue weighted by Gasteiger charge is -2.33. The zero-order chi connectivity index (χ0) is 45.4. The van der Waals surface area contributed by atoms with E-state index in [1.165, 1.54) is 6.92 Å². The summed E-state index contributed by atoms with van der Waals surface area (Å²) in [6.45, 7) is 10.8. The Kier molecular flexibility index (Phi) is 26.2. The van der Waals surface area contributed by atoms with Crippen LogP contribution in [-0.2, 0) is 85.8 Å². The normalized spacial score (nSPS) is 16.1. The summed E-state index contributed by atoms with van der Waals surface area (Å²) in [4.78, 5) is 109. The van der Waals surface area contributed by atoms with Crippen molar-refractivity contribution in [1.29, 1.82) is 0 Å². The molecule has 20 heteroatoms. The van der Waals surface area contributed by atoms with Gasteiger partial charge in [0.15, 0.2) is 0 Å². The number of ether oxygens (including phenoxy) is 9. The number of hydrogen-bond donors (Lipinski definition) is 2. The largest absolute Gasteiger partial charge is 0.462 e. The molecule has 0 rings (SSSR count). The Morgan fingerprint density at radius 3 is 0.797 bits per heavy atom. The Morgan fingerprint density at radius 2 is 0.559 bits per heavy atom. The highest BCUT2D eigenvalue weighted by Gasteiger charge is 2.36. The number of carbonyl (C=O) groups is 9. The molecular formula is C39H62O20. The van der Waals surface area contributed by atoms with Crippen LogP contribution < -0.4 is 0 Å². The van der Waals surface area contributed by atoms with Crippen molar-refractivity contribution in [1.82, 2.24) is 0 Å². The lowest BCUT2D eigenvalue weighted by atomic mass is 9.89. The van der Waals surface area contributed by atoms with Gasteiger partial charge in [-0.05, 0) is 0 Å². The number of rotatable bonds is 28. The first-order chi connectivity index (χ1) is 27.4. The maximum Gasteiger partial charge on any atom is 0.302 e. The highest BCUT2D eigenvalue weighted by molar-refractivity contribution is 5.69. The third-order valence-electron chi connectivity index (χ3n) is 8.40. The Hall–Kier alpha value is -4.85. The summed E-state index contributed by atoms with van der Waals surface area (Å²) in [5.74, 6) is -7.31. The molecule has 20 nitrogen and oxygen atoms in total. The molecule has 0 radical (unpaired) electrons. The van der Waals surface area contributed by atoms with Crippen LogP contribution in [0.4, 0.5) is 0 Å². The number of carbonyl (C=O) groups excluding carboxylic acids is 9. The van der Waals surface area contributed by atoms with Gasteiger partial charge in [-0.3, -0.25) is 43.2 Å². The Labute approximate surface area is 344 Å². The second kappa shape index (κ2) is 28.6. The molecule has 0 unspecified atom stereocenters. The van der Waals surface area contributed by atoms with Crippen molar-refractivity contribution >= 4 is 53.7 Å². The Balaban J connectivity index is 6.77. The van der Waals surface area contributed by atoms with E-state index in [1.807, 2.05) is 0 Å². The molecular weight excluding hydrogens is 788 g/mol. The van der Waals surface area contributed by atoms with Crippen molar-refractivity contribution in [3.8, 4) is 0 Å². The van der Waals surface area contributed by atoms with Crippen LogP contribution in [0.5, 0.6) is 0 Å². The van der Waals surface area contributed by atoms with Gasteiger partial charge in [-0.15, -0.1) is 0 Å². The van der Waals surface area contributed by atoms with E-state index in [1.54, 1.807) is 6.92 Å². The minimum absolute atomic E-state index is 0.000559. The van der Waals surface area contributed by atoms with E-state index in [4.69, 9.17) is 42.6 Å². The molecule has 0 amide bonds. The smallest absolute Gasteiger partial charge is 0.302 e. The van der Waals surface area contributed by atoms with E-state index in [2.05, 4.69) is 0 Å². The molecule has 0 aromatic carbocycles. The van der Waals surface area contributed by atoms with Gasteiger partial charge in [0.1, 0.15) is 54.9 Å². The molecule has 0 spiro atoms. The zero-order valence-electron chi connectivity index (χ0n) is 35.6.